The van der Waals surface area contributed by atoms with E-state index in [0.717, 1.165) is 0 Å². The molecule has 0 aromatic carbocycles. The molecule has 4 nitrogen and oxygen atoms in total. The quantitative estimate of drug-likeness (QED) is 0.694. The summed E-state index contributed by atoms with van der Waals surface area (Å²) < 4.78 is 20.8. The second-order valence-electron chi connectivity index (χ2n) is 1.71. The van der Waals surface area contributed by atoms with E-state index in [-0.39, 0.29) is 0 Å². The monoisotopic (exact) mass is 192 g/mol. The van der Waals surface area contributed by atoms with Crippen molar-refractivity contribution < 1.29 is 8.76 Å². The third-order valence-electron chi connectivity index (χ3n) is 0.965. The lowest BCUT2D eigenvalue weighted by Crippen LogP contribution is -2.02. The van der Waals surface area contributed by atoms with E-state index in [9.17, 15) is 4.21 Å². The van der Waals surface area contributed by atoms with Gasteiger partial charge in [-0.2, -0.15) is 0 Å². The fourth-order valence-corrected chi connectivity index (χ4v) is 1.11. The minimum Gasteiger partial charge on any atom is -0.289 e. The minimum absolute atomic E-state index is 0.343. The molecule has 1 unspecified atom stereocenters. The van der Waals surface area contributed by atoms with Gasteiger partial charge in [-0.1, -0.05) is 11.6 Å². The first kappa shape index (κ1) is 8.45. The van der Waals surface area contributed by atoms with Crippen molar-refractivity contribution in [3.05, 3.63) is 23.5 Å². The number of nitrogens with one attached hydrogen (secondary N) is 1. The maximum Gasteiger partial charge on any atom is 0.259 e. The molecule has 6 heteroatoms. The van der Waals surface area contributed by atoms with Crippen LogP contribution in [0.5, 0.6) is 0 Å². The van der Waals surface area contributed by atoms with Crippen LogP contribution in [0.4, 0.5) is 5.69 Å². The molecule has 1 aromatic rings. The van der Waals surface area contributed by atoms with Gasteiger partial charge in [-0.3, -0.25) is 14.3 Å². The molecule has 0 saturated heterocycles. The third-order valence-corrected chi connectivity index (χ3v) is 1.69. The molecular formula is C5H5ClN2O2S. The average molecular weight is 193 g/mol. The van der Waals surface area contributed by atoms with Crippen LogP contribution in [0.3, 0.4) is 0 Å². The van der Waals surface area contributed by atoms with Gasteiger partial charge in [0, 0.05) is 6.20 Å². The first-order chi connectivity index (χ1) is 5.20. The van der Waals surface area contributed by atoms with E-state index in [2.05, 4.69) is 9.71 Å². The van der Waals surface area contributed by atoms with Gasteiger partial charge in [-0.05, 0) is 6.07 Å². The summed E-state index contributed by atoms with van der Waals surface area (Å²) in [4.78, 5) is 3.71. The minimum atomic E-state index is -2.10. The van der Waals surface area contributed by atoms with Gasteiger partial charge in [0.15, 0.2) is 0 Å². The highest BCUT2D eigenvalue weighted by Crippen LogP contribution is 2.18. The molecule has 0 bridgehead atoms. The first-order valence-corrected chi connectivity index (χ1v) is 4.15. The Labute approximate surface area is 71.0 Å². The van der Waals surface area contributed by atoms with Crippen LogP contribution < -0.4 is 4.72 Å². The standard InChI is InChI=1S/C5H5ClN2O2S/c6-4-1-2-7-3-5(4)8-11(9)10/h1-3,8H,(H,9,10). The maximum absolute atomic E-state index is 10.2. The SMILES string of the molecule is O=S(O)Nc1cnccc1Cl. The van der Waals surface area contributed by atoms with Gasteiger partial charge < -0.3 is 0 Å². The lowest BCUT2D eigenvalue weighted by molar-refractivity contribution is 0.570. The van der Waals surface area contributed by atoms with E-state index in [4.69, 9.17) is 16.2 Å². The summed E-state index contributed by atoms with van der Waals surface area (Å²) in [5.41, 5.74) is 0.343. The van der Waals surface area contributed by atoms with Crippen LogP contribution in [0, 0.1) is 0 Å². The van der Waals surface area contributed by atoms with E-state index in [1.54, 1.807) is 0 Å². The second-order valence-corrected chi connectivity index (χ2v) is 2.82. The molecule has 1 aromatic heterocycles. The van der Waals surface area contributed by atoms with Crippen LogP contribution in [0.1, 0.15) is 0 Å². The fraction of sp³-hybridized carbons (Fsp3) is 0. The van der Waals surface area contributed by atoms with Crippen LogP contribution >= 0.6 is 11.6 Å². The van der Waals surface area contributed by atoms with Crippen molar-refractivity contribution in [2.45, 2.75) is 0 Å². The van der Waals surface area contributed by atoms with Gasteiger partial charge in [0.25, 0.3) is 11.3 Å². The van der Waals surface area contributed by atoms with Crippen LogP contribution in [-0.2, 0) is 11.3 Å². The molecular weight excluding hydrogens is 188 g/mol. The third kappa shape index (κ3) is 2.45. The van der Waals surface area contributed by atoms with Crippen molar-refractivity contribution in [2.75, 3.05) is 4.72 Å². The summed E-state index contributed by atoms with van der Waals surface area (Å²) in [6, 6.07) is 1.52. The van der Waals surface area contributed by atoms with E-state index >= 15 is 0 Å². The number of pyridine rings is 1. The number of hydrogen-bond acceptors (Lipinski definition) is 2. The molecule has 0 amide bonds. The highest BCUT2D eigenvalue weighted by Gasteiger charge is 1.99. The van der Waals surface area contributed by atoms with Gasteiger partial charge in [-0.25, -0.2) is 4.21 Å². The maximum atomic E-state index is 10.2. The lowest BCUT2D eigenvalue weighted by Gasteiger charge is -2.00. The Morgan fingerprint density at radius 2 is 2.45 bits per heavy atom. The summed E-state index contributed by atoms with van der Waals surface area (Å²) in [5, 5.41) is 0.363. The Morgan fingerprint density at radius 3 is 3.00 bits per heavy atom. The van der Waals surface area contributed by atoms with Crippen molar-refractivity contribution >= 4 is 28.6 Å². The normalized spacial score (nSPS) is 12.5. The molecule has 60 valence electrons. The summed E-state index contributed by atoms with van der Waals surface area (Å²) in [6.45, 7) is 0. The number of anilines is 1. The number of aromatic nitrogens is 1. The Balaban J connectivity index is 2.86. The van der Waals surface area contributed by atoms with Gasteiger partial charge in [-0.15, -0.1) is 0 Å². The molecule has 0 spiro atoms. The Morgan fingerprint density at radius 1 is 1.73 bits per heavy atom. The molecule has 0 aliphatic rings. The van der Waals surface area contributed by atoms with Crippen molar-refractivity contribution in [3.63, 3.8) is 0 Å². The van der Waals surface area contributed by atoms with Crippen LogP contribution in [0.15, 0.2) is 18.5 Å². The molecule has 0 aliphatic heterocycles. The predicted octanol–water partition coefficient (Wildman–Crippen LogP) is 1.28. The molecule has 1 rings (SSSR count). The largest absolute Gasteiger partial charge is 0.289 e. The predicted molar refractivity (Wildman–Crippen MR) is 43.6 cm³/mol. The Hall–Kier alpha value is -0.650. The zero-order valence-electron chi connectivity index (χ0n) is 5.32. The molecule has 2 N–H and O–H groups in total. The second kappa shape index (κ2) is 3.66. The smallest absolute Gasteiger partial charge is 0.259 e. The topological polar surface area (TPSA) is 62.2 Å². The van der Waals surface area contributed by atoms with Crippen LogP contribution in [0.2, 0.25) is 5.02 Å². The van der Waals surface area contributed by atoms with Gasteiger partial charge in [0.1, 0.15) is 0 Å². The Bertz CT molecular complexity index is 281. The highest BCUT2D eigenvalue weighted by molar-refractivity contribution is 7.80. The van der Waals surface area contributed by atoms with Crippen molar-refractivity contribution in [3.8, 4) is 0 Å². The van der Waals surface area contributed by atoms with Gasteiger partial charge in [0.05, 0.1) is 16.9 Å². The summed E-state index contributed by atoms with van der Waals surface area (Å²) >= 11 is 3.52. The average Bonchev–Trinajstić information content (AvgIpc) is 1.93. The van der Waals surface area contributed by atoms with Gasteiger partial charge in [0.2, 0.25) is 0 Å². The van der Waals surface area contributed by atoms with Gasteiger partial charge >= 0.3 is 0 Å². The van der Waals surface area contributed by atoms with Crippen molar-refractivity contribution in [2.24, 2.45) is 0 Å². The van der Waals surface area contributed by atoms with Crippen LogP contribution in [0.25, 0.3) is 0 Å². The fourth-order valence-electron chi connectivity index (χ4n) is 0.547. The molecule has 0 radical (unpaired) electrons. The first-order valence-electron chi connectivity index (χ1n) is 2.67. The van der Waals surface area contributed by atoms with Crippen molar-refractivity contribution in [1.29, 1.82) is 0 Å². The summed E-state index contributed by atoms with van der Waals surface area (Å²) in [7, 11) is 0. The van der Waals surface area contributed by atoms with Crippen LogP contribution in [-0.4, -0.2) is 13.7 Å². The molecule has 1 atom stereocenters. The molecule has 0 saturated carbocycles. The zero-order valence-corrected chi connectivity index (χ0v) is 6.89. The van der Waals surface area contributed by atoms with E-state index in [1.807, 2.05) is 0 Å². The molecule has 0 aliphatic carbocycles. The van der Waals surface area contributed by atoms with E-state index < -0.39 is 11.3 Å². The van der Waals surface area contributed by atoms with E-state index in [1.165, 1.54) is 18.5 Å². The highest BCUT2D eigenvalue weighted by atomic mass is 35.5. The number of hydrogen-bond donors (Lipinski definition) is 2. The molecule has 11 heavy (non-hydrogen) atoms. The molecule has 0 fully saturated rings. The molecule has 1 heterocycles. The number of halogens is 1. The zero-order chi connectivity index (χ0) is 8.27. The van der Waals surface area contributed by atoms with Crippen molar-refractivity contribution in [1.82, 2.24) is 4.98 Å². The Kier molecular flexibility index (Phi) is 2.81. The number of rotatable bonds is 2. The number of nitrogens with zero attached hydrogens (tertiary/aromatic N) is 1. The summed E-state index contributed by atoms with van der Waals surface area (Å²) in [5.74, 6) is 0. The lowest BCUT2D eigenvalue weighted by atomic mass is 10.4. The van der Waals surface area contributed by atoms with E-state index in [0.29, 0.717) is 10.7 Å². The summed E-state index contributed by atoms with van der Waals surface area (Å²) in [6.07, 6.45) is 2.87.